The first-order chi connectivity index (χ1) is 10.0. The summed E-state index contributed by atoms with van der Waals surface area (Å²) in [4.78, 5) is 11.6. The molecule has 0 aromatic heterocycles. The van der Waals surface area contributed by atoms with Crippen LogP contribution >= 0.6 is 0 Å². The van der Waals surface area contributed by atoms with Crippen molar-refractivity contribution in [2.24, 2.45) is 11.3 Å². The van der Waals surface area contributed by atoms with Gasteiger partial charge in [0.2, 0.25) is 0 Å². The summed E-state index contributed by atoms with van der Waals surface area (Å²) in [6.45, 7) is 5.87. The molecule has 0 bridgehead atoms. The first-order valence-electron chi connectivity index (χ1n) is 7.03. The van der Waals surface area contributed by atoms with Crippen molar-refractivity contribution < 1.29 is 27.8 Å². The van der Waals surface area contributed by atoms with E-state index in [2.05, 4.69) is 0 Å². The number of carboxylic acid groups (broad SMARTS) is 1. The first kappa shape index (κ1) is 16.8. The summed E-state index contributed by atoms with van der Waals surface area (Å²) in [5.41, 5.74) is -0.537. The lowest BCUT2D eigenvalue weighted by Gasteiger charge is -2.30. The van der Waals surface area contributed by atoms with Crippen LogP contribution in [0.15, 0.2) is 24.3 Å². The van der Waals surface area contributed by atoms with Gasteiger partial charge in [0.05, 0.1) is 24.2 Å². The smallest absolute Gasteiger partial charge is 0.416 e. The van der Waals surface area contributed by atoms with Crippen molar-refractivity contribution in [3.8, 4) is 0 Å². The Balaban J connectivity index is 2.30. The van der Waals surface area contributed by atoms with Crippen molar-refractivity contribution in [2.45, 2.75) is 39.0 Å². The molecule has 1 heterocycles. The van der Waals surface area contributed by atoms with Gasteiger partial charge < -0.3 is 9.84 Å². The van der Waals surface area contributed by atoms with E-state index in [1.54, 1.807) is 0 Å². The maximum absolute atomic E-state index is 12.6. The first-order valence-corrected chi connectivity index (χ1v) is 7.03. The van der Waals surface area contributed by atoms with Gasteiger partial charge in [-0.05, 0) is 23.1 Å². The van der Waals surface area contributed by atoms with Crippen molar-refractivity contribution in [1.29, 1.82) is 0 Å². The monoisotopic (exact) mass is 316 g/mol. The van der Waals surface area contributed by atoms with Crippen molar-refractivity contribution in [3.63, 3.8) is 0 Å². The van der Waals surface area contributed by atoms with Crippen LogP contribution in [0.1, 0.15) is 37.8 Å². The molecule has 2 rings (SSSR count). The highest BCUT2D eigenvalue weighted by molar-refractivity contribution is 5.73. The van der Waals surface area contributed by atoms with Crippen molar-refractivity contribution >= 4 is 5.97 Å². The van der Waals surface area contributed by atoms with Gasteiger partial charge in [-0.25, -0.2) is 0 Å². The minimum Gasteiger partial charge on any atom is -0.481 e. The molecule has 0 aliphatic carbocycles. The van der Waals surface area contributed by atoms with Crippen molar-refractivity contribution in [3.05, 3.63) is 35.4 Å². The molecule has 1 fully saturated rings. The van der Waals surface area contributed by atoms with Crippen LogP contribution in [0.2, 0.25) is 0 Å². The molecule has 1 saturated heterocycles. The van der Waals surface area contributed by atoms with Gasteiger partial charge in [-0.1, -0.05) is 32.9 Å². The highest BCUT2D eigenvalue weighted by atomic mass is 19.4. The van der Waals surface area contributed by atoms with E-state index in [4.69, 9.17) is 4.74 Å². The Labute approximate surface area is 127 Å². The minimum atomic E-state index is -4.40. The van der Waals surface area contributed by atoms with Gasteiger partial charge in [0, 0.05) is 5.92 Å². The summed E-state index contributed by atoms with van der Waals surface area (Å²) in [6.07, 6.45) is -4.87. The normalized spacial score (nSPS) is 26.2. The zero-order chi connectivity index (χ0) is 16.7. The molecule has 1 aromatic rings. The number of hydrogen-bond acceptors (Lipinski definition) is 2. The molecule has 0 spiro atoms. The zero-order valence-corrected chi connectivity index (χ0v) is 12.6. The van der Waals surface area contributed by atoms with Crippen LogP contribution in [0.3, 0.4) is 0 Å². The summed E-state index contributed by atoms with van der Waals surface area (Å²) in [5.74, 6) is -2.19. The number of ether oxygens (including phenoxy) is 1. The van der Waals surface area contributed by atoms with Gasteiger partial charge in [0.25, 0.3) is 0 Å². The molecule has 22 heavy (non-hydrogen) atoms. The average molecular weight is 316 g/mol. The SMILES string of the molecule is CC(C)(C)C1OCC(c2ccc(C(F)(F)F)cc2)C1C(=O)O. The summed E-state index contributed by atoms with van der Waals surface area (Å²) >= 11 is 0. The predicted octanol–water partition coefficient (Wildman–Crippen LogP) is 3.93. The number of carbonyl (C=O) groups is 1. The Kier molecular flexibility index (Phi) is 4.26. The number of benzene rings is 1. The molecule has 3 atom stereocenters. The highest BCUT2D eigenvalue weighted by Crippen LogP contribution is 2.43. The maximum atomic E-state index is 12.6. The van der Waals surface area contributed by atoms with E-state index in [0.29, 0.717) is 5.56 Å². The molecule has 3 unspecified atom stereocenters. The Bertz CT molecular complexity index is 543. The van der Waals surface area contributed by atoms with Gasteiger partial charge in [-0.2, -0.15) is 13.2 Å². The van der Waals surface area contributed by atoms with E-state index < -0.39 is 35.6 Å². The molecule has 122 valence electrons. The lowest BCUT2D eigenvalue weighted by atomic mass is 9.76. The van der Waals surface area contributed by atoms with E-state index in [1.807, 2.05) is 20.8 Å². The number of hydrogen-bond donors (Lipinski definition) is 1. The zero-order valence-electron chi connectivity index (χ0n) is 12.6. The van der Waals surface area contributed by atoms with E-state index in [1.165, 1.54) is 12.1 Å². The number of rotatable bonds is 2. The fourth-order valence-electron chi connectivity index (χ4n) is 2.94. The predicted molar refractivity (Wildman–Crippen MR) is 74.5 cm³/mol. The lowest BCUT2D eigenvalue weighted by Crippen LogP contribution is -2.37. The van der Waals surface area contributed by atoms with Gasteiger partial charge in [0.15, 0.2) is 0 Å². The van der Waals surface area contributed by atoms with Crippen molar-refractivity contribution in [2.75, 3.05) is 6.61 Å². The molecule has 1 aromatic carbocycles. The molecule has 3 nitrogen and oxygen atoms in total. The van der Waals surface area contributed by atoms with Crippen LogP contribution < -0.4 is 0 Å². The number of halogens is 3. The standard InChI is InChI=1S/C16H19F3O3/c1-15(2,3)13-12(14(20)21)11(8-22-13)9-4-6-10(7-5-9)16(17,18)19/h4-7,11-13H,8H2,1-3H3,(H,20,21). The van der Waals surface area contributed by atoms with Gasteiger partial charge >= 0.3 is 12.1 Å². The maximum Gasteiger partial charge on any atom is 0.416 e. The Morgan fingerprint density at radius 3 is 2.14 bits per heavy atom. The molecule has 6 heteroatoms. The topological polar surface area (TPSA) is 46.5 Å². The molecule has 0 amide bonds. The summed E-state index contributed by atoms with van der Waals surface area (Å²) < 4.78 is 43.5. The summed E-state index contributed by atoms with van der Waals surface area (Å²) in [7, 11) is 0. The fourth-order valence-corrected chi connectivity index (χ4v) is 2.94. The molecule has 1 N–H and O–H groups in total. The Morgan fingerprint density at radius 2 is 1.73 bits per heavy atom. The van der Waals surface area contributed by atoms with E-state index >= 15 is 0 Å². The molecule has 0 radical (unpaired) electrons. The van der Waals surface area contributed by atoms with Crippen LogP contribution in [-0.2, 0) is 15.7 Å². The Hall–Kier alpha value is -1.56. The number of aliphatic carboxylic acids is 1. The number of alkyl halides is 3. The third-order valence-electron chi connectivity index (χ3n) is 4.02. The van der Waals surface area contributed by atoms with E-state index in [-0.39, 0.29) is 12.0 Å². The summed E-state index contributed by atoms with van der Waals surface area (Å²) in [6, 6.07) is 4.66. The van der Waals surface area contributed by atoms with Gasteiger partial charge in [-0.3, -0.25) is 4.79 Å². The summed E-state index contributed by atoms with van der Waals surface area (Å²) in [5, 5.41) is 9.50. The third-order valence-corrected chi connectivity index (χ3v) is 4.02. The highest BCUT2D eigenvalue weighted by Gasteiger charge is 2.48. The Morgan fingerprint density at radius 1 is 1.18 bits per heavy atom. The fraction of sp³-hybridized carbons (Fsp3) is 0.562. The number of carboxylic acids is 1. The third kappa shape index (κ3) is 3.27. The second-order valence-corrected chi connectivity index (χ2v) is 6.71. The molecule has 0 saturated carbocycles. The molecule has 1 aliphatic rings. The van der Waals surface area contributed by atoms with E-state index in [0.717, 1.165) is 12.1 Å². The van der Waals surface area contributed by atoms with Gasteiger partial charge in [-0.15, -0.1) is 0 Å². The largest absolute Gasteiger partial charge is 0.481 e. The van der Waals surface area contributed by atoms with Crippen molar-refractivity contribution in [1.82, 2.24) is 0 Å². The quantitative estimate of drug-likeness (QED) is 0.899. The van der Waals surface area contributed by atoms with Crippen LogP contribution in [0.25, 0.3) is 0 Å². The second-order valence-electron chi connectivity index (χ2n) is 6.71. The lowest BCUT2D eigenvalue weighted by molar-refractivity contribution is -0.146. The molecule has 1 aliphatic heterocycles. The van der Waals surface area contributed by atoms with Gasteiger partial charge in [0.1, 0.15) is 0 Å². The van der Waals surface area contributed by atoms with Crippen LogP contribution in [0.4, 0.5) is 13.2 Å². The van der Waals surface area contributed by atoms with Crippen LogP contribution in [0.5, 0.6) is 0 Å². The van der Waals surface area contributed by atoms with E-state index in [9.17, 15) is 23.1 Å². The average Bonchev–Trinajstić information content (AvgIpc) is 2.82. The molecular weight excluding hydrogens is 297 g/mol. The van der Waals surface area contributed by atoms with Crippen LogP contribution in [0, 0.1) is 11.3 Å². The second kappa shape index (κ2) is 5.57. The van der Waals surface area contributed by atoms with Crippen LogP contribution in [-0.4, -0.2) is 23.8 Å². The molecular formula is C16H19F3O3. The minimum absolute atomic E-state index is 0.199.